The Morgan fingerprint density at radius 2 is 1.79 bits per heavy atom. The predicted octanol–water partition coefficient (Wildman–Crippen LogP) is 3.45. The van der Waals surface area contributed by atoms with Gasteiger partial charge in [-0.3, -0.25) is 4.79 Å². The molecule has 0 heterocycles. The molecule has 2 heteroatoms. The number of hydrogen-bond acceptors (Lipinski definition) is 2. The molecule has 0 aliphatic carbocycles. The van der Waals surface area contributed by atoms with E-state index in [1.165, 1.54) is 0 Å². The minimum Gasteiger partial charge on any atom is -0.366 e. The maximum absolute atomic E-state index is 12.0. The van der Waals surface area contributed by atoms with Crippen LogP contribution in [-0.2, 0) is 4.74 Å². The van der Waals surface area contributed by atoms with E-state index >= 15 is 0 Å². The first-order valence-electron chi connectivity index (χ1n) is 6.13. The third-order valence-corrected chi connectivity index (χ3v) is 3.00. The molecule has 0 aliphatic rings. The van der Waals surface area contributed by atoms with Gasteiger partial charge in [-0.1, -0.05) is 36.3 Å². The second-order valence-corrected chi connectivity index (χ2v) is 4.86. The molecular formula is C17H16O2. The first kappa shape index (κ1) is 13.3. The van der Waals surface area contributed by atoms with Crippen molar-refractivity contribution in [3.05, 3.63) is 48.0 Å². The maximum atomic E-state index is 12.0. The van der Waals surface area contributed by atoms with Gasteiger partial charge in [-0.25, -0.2) is 0 Å². The third kappa shape index (κ3) is 3.21. The predicted molar refractivity (Wildman–Crippen MR) is 77.1 cm³/mol. The average molecular weight is 252 g/mol. The number of fused-ring (bicyclic) bond motifs is 1. The number of rotatable bonds is 2. The number of ether oxygens (including phenoxy) is 1. The van der Waals surface area contributed by atoms with Crippen LogP contribution in [0.2, 0.25) is 0 Å². The van der Waals surface area contributed by atoms with Crippen LogP contribution in [0.1, 0.15) is 24.2 Å². The molecular weight excluding hydrogens is 236 g/mol. The van der Waals surface area contributed by atoms with Gasteiger partial charge < -0.3 is 4.74 Å². The van der Waals surface area contributed by atoms with Gasteiger partial charge in [-0.15, -0.1) is 0 Å². The highest BCUT2D eigenvalue weighted by atomic mass is 16.5. The molecule has 19 heavy (non-hydrogen) atoms. The van der Waals surface area contributed by atoms with Crippen LogP contribution in [0.15, 0.2) is 42.5 Å². The van der Waals surface area contributed by atoms with Crippen LogP contribution in [0.4, 0.5) is 0 Å². The molecule has 0 amide bonds. The molecule has 2 rings (SSSR count). The van der Waals surface area contributed by atoms with E-state index in [-0.39, 0.29) is 5.78 Å². The van der Waals surface area contributed by atoms with Crippen LogP contribution < -0.4 is 0 Å². The fourth-order valence-electron chi connectivity index (χ4n) is 1.66. The van der Waals surface area contributed by atoms with E-state index in [9.17, 15) is 4.79 Å². The molecule has 0 radical (unpaired) electrons. The summed E-state index contributed by atoms with van der Waals surface area (Å²) in [4.78, 5) is 12.0. The number of Topliss-reactive ketones (excluding diaryl/α,β-unsaturated/α-hetero) is 1. The lowest BCUT2D eigenvalue weighted by Crippen LogP contribution is -2.19. The van der Waals surface area contributed by atoms with E-state index in [0.717, 1.165) is 10.8 Å². The lowest BCUT2D eigenvalue weighted by Gasteiger charge is -2.13. The molecule has 0 aromatic heterocycles. The third-order valence-electron chi connectivity index (χ3n) is 3.00. The quantitative estimate of drug-likeness (QED) is 0.465. The second-order valence-electron chi connectivity index (χ2n) is 4.86. The Labute approximate surface area is 113 Å². The number of methoxy groups -OCH3 is 1. The molecule has 96 valence electrons. The zero-order valence-electron chi connectivity index (χ0n) is 11.4. The highest BCUT2D eigenvalue weighted by Crippen LogP contribution is 2.16. The lowest BCUT2D eigenvalue weighted by molar-refractivity contribution is 0.0738. The normalized spacial score (nSPS) is 10.9. The van der Waals surface area contributed by atoms with Gasteiger partial charge >= 0.3 is 0 Å². The van der Waals surface area contributed by atoms with E-state index in [1.54, 1.807) is 13.2 Å². The number of benzene rings is 2. The standard InChI is InChI=1S/C17H16O2/c1-17(2,19-3)11-10-16(18)15-9-8-13-6-4-5-7-14(13)12-15/h4-9,12H,1-3H3. The Balaban J connectivity index is 2.32. The van der Waals surface area contributed by atoms with Gasteiger partial charge in [-0.05, 0) is 42.7 Å². The minimum atomic E-state index is -0.605. The SMILES string of the molecule is COC(C)(C)C#CC(=O)c1ccc2ccccc2c1. The lowest BCUT2D eigenvalue weighted by atomic mass is 10.0. The summed E-state index contributed by atoms with van der Waals surface area (Å²) >= 11 is 0. The van der Waals surface area contributed by atoms with Crippen molar-refractivity contribution in [1.29, 1.82) is 0 Å². The highest BCUT2D eigenvalue weighted by Gasteiger charge is 2.12. The van der Waals surface area contributed by atoms with Crippen molar-refractivity contribution in [1.82, 2.24) is 0 Å². The van der Waals surface area contributed by atoms with Crippen molar-refractivity contribution in [2.24, 2.45) is 0 Å². The van der Waals surface area contributed by atoms with Crippen LogP contribution >= 0.6 is 0 Å². The zero-order valence-corrected chi connectivity index (χ0v) is 11.4. The van der Waals surface area contributed by atoms with Crippen molar-refractivity contribution in [3.63, 3.8) is 0 Å². The monoisotopic (exact) mass is 252 g/mol. The summed E-state index contributed by atoms with van der Waals surface area (Å²) in [5, 5.41) is 2.16. The van der Waals surface area contributed by atoms with Gasteiger partial charge in [0.2, 0.25) is 5.78 Å². The Bertz CT molecular complexity index is 672. The fourth-order valence-corrected chi connectivity index (χ4v) is 1.66. The summed E-state index contributed by atoms with van der Waals surface area (Å²) in [5.41, 5.74) is 0.00470. The largest absolute Gasteiger partial charge is 0.366 e. The molecule has 0 saturated carbocycles. The smallest absolute Gasteiger partial charge is 0.236 e. The molecule has 0 bridgehead atoms. The molecule has 0 spiro atoms. The van der Waals surface area contributed by atoms with Crippen LogP contribution in [0.25, 0.3) is 10.8 Å². The Morgan fingerprint density at radius 3 is 2.47 bits per heavy atom. The Morgan fingerprint density at radius 1 is 1.11 bits per heavy atom. The summed E-state index contributed by atoms with van der Waals surface area (Å²) in [7, 11) is 1.58. The second kappa shape index (κ2) is 5.26. The number of hydrogen-bond donors (Lipinski definition) is 0. The highest BCUT2D eigenvalue weighted by molar-refractivity contribution is 6.10. The topological polar surface area (TPSA) is 26.3 Å². The van der Waals surface area contributed by atoms with Crippen molar-refractivity contribution >= 4 is 16.6 Å². The van der Waals surface area contributed by atoms with Gasteiger partial charge in [0.25, 0.3) is 0 Å². The summed E-state index contributed by atoms with van der Waals surface area (Å²) in [6.45, 7) is 3.65. The van der Waals surface area contributed by atoms with E-state index < -0.39 is 5.60 Å². The van der Waals surface area contributed by atoms with Gasteiger partial charge in [0.05, 0.1) is 0 Å². The van der Waals surface area contributed by atoms with Gasteiger partial charge in [-0.2, -0.15) is 0 Å². The summed E-state index contributed by atoms with van der Waals surface area (Å²) in [5.74, 6) is 5.29. The first-order chi connectivity index (χ1) is 9.02. The van der Waals surface area contributed by atoms with E-state index in [2.05, 4.69) is 11.8 Å². The van der Waals surface area contributed by atoms with E-state index in [1.807, 2.05) is 50.2 Å². The van der Waals surface area contributed by atoms with Crippen LogP contribution in [0, 0.1) is 11.8 Å². The van der Waals surface area contributed by atoms with Crippen molar-refractivity contribution in [2.45, 2.75) is 19.4 Å². The zero-order chi connectivity index (χ0) is 13.9. The number of carbonyl (C=O) groups is 1. The maximum Gasteiger partial charge on any atom is 0.236 e. The van der Waals surface area contributed by atoms with E-state index in [0.29, 0.717) is 5.56 Å². The molecule has 0 N–H and O–H groups in total. The van der Waals surface area contributed by atoms with Crippen molar-refractivity contribution in [2.75, 3.05) is 7.11 Å². The molecule has 0 atom stereocenters. The molecule has 0 aliphatic heterocycles. The average Bonchev–Trinajstić information content (AvgIpc) is 2.44. The summed E-state index contributed by atoms with van der Waals surface area (Å²) < 4.78 is 5.17. The molecule has 0 fully saturated rings. The summed E-state index contributed by atoms with van der Waals surface area (Å²) in [6.07, 6.45) is 0. The molecule has 2 nitrogen and oxygen atoms in total. The molecule has 0 unspecified atom stereocenters. The van der Waals surface area contributed by atoms with Crippen LogP contribution in [0.5, 0.6) is 0 Å². The first-order valence-corrected chi connectivity index (χ1v) is 6.13. The summed E-state index contributed by atoms with van der Waals surface area (Å²) in [6, 6.07) is 13.5. The van der Waals surface area contributed by atoms with Gasteiger partial charge in [0, 0.05) is 12.7 Å². The molecule has 0 saturated heterocycles. The minimum absolute atomic E-state index is 0.184. The number of carbonyl (C=O) groups excluding carboxylic acids is 1. The van der Waals surface area contributed by atoms with Gasteiger partial charge in [0.15, 0.2) is 0 Å². The van der Waals surface area contributed by atoms with Crippen LogP contribution in [-0.4, -0.2) is 18.5 Å². The Kier molecular flexibility index (Phi) is 3.69. The number of ketones is 1. The molecule has 2 aromatic carbocycles. The Hall–Kier alpha value is -2.11. The molecule has 2 aromatic rings. The van der Waals surface area contributed by atoms with E-state index in [4.69, 9.17) is 4.74 Å². The van der Waals surface area contributed by atoms with Crippen molar-refractivity contribution < 1.29 is 9.53 Å². The van der Waals surface area contributed by atoms with Gasteiger partial charge in [0.1, 0.15) is 5.60 Å². The fraction of sp³-hybridized carbons (Fsp3) is 0.235. The van der Waals surface area contributed by atoms with Crippen molar-refractivity contribution in [3.8, 4) is 11.8 Å². The van der Waals surface area contributed by atoms with Crippen LogP contribution in [0.3, 0.4) is 0 Å².